The van der Waals surface area contributed by atoms with Gasteiger partial charge in [-0.2, -0.15) is 5.26 Å². The average Bonchev–Trinajstić information content (AvgIpc) is 3.00. The maximum Gasteiger partial charge on any atom is 0.326 e. The standard InChI is InChI=1S/C24H21NO4/c1-22(2)23(3)12-13-24(22,20(27)19(23)26)21(28)29-18-10-8-17(9-11-18)16-6-4-15(14-25)5-7-16/h4-11H,12-13H2,1-3H3. The molecule has 0 aromatic heterocycles. The van der Waals surface area contributed by atoms with Gasteiger partial charge in [0.15, 0.2) is 0 Å². The Bertz CT molecular complexity index is 1080. The molecule has 146 valence electrons. The van der Waals surface area contributed by atoms with E-state index in [0.29, 0.717) is 24.2 Å². The number of hydrogen-bond acceptors (Lipinski definition) is 5. The number of ketones is 2. The minimum Gasteiger partial charge on any atom is -0.426 e. The molecule has 0 heterocycles. The van der Waals surface area contributed by atoms with Crippen LogP contribution in [-0.2, 0) is 14.4 Å². The number of carbonyl (C=O) groups excluding carboxylic acids is 3. The van der Waals surface area contributed by atoms with Gasteiger partial charge in [0.2, 0.25) is 11.6 Å². The van der Waals surface area contributed by atoms with Crippen LogP contribution in [0, 0.1) is 27.6 Å². The van der Waals surface area contributed by atoms with Gasteiger partial charge in [-0.1, -0.05) is 45.0 Å². The van der Waals surface area contributed by atoms with Crippen molar-refractivity contribution < 1.29 is 19.1 Å². The van der Waals surface area contributed by atoms with Crippen molar-refractivity contribution in [3.8, 4) is 22.9 Å². The van der Waals surface area contributed by atoms with E-state index in [4.69, 9.17) is 10.00 Å². The summed E-state index contributed by atoms with van der Waals surface area (Å²) in [5.74, 6) is -1.39. The van der Waals surface area contributed by atoms with E-state index in [2.05, 4.69) is 6.07 Å². The minimum atomic E-state index is -1.41. The summed E-state index contributed by atoms with van der Waals surface area (Å²) >= 11 is 0. The first-order valence-electron chi connectivity index (χ1n) is 9.59. The molecule has 29 heavy (non-hydrogen) atoms. The molecule has 2 fully saturated rings. The second-order valence-corrected chi connectivity index (χ2v) is 8.62. The Labute approximate surface area is 169 Å². The van der Waals surface area contributed by atoms with E-state index in [-0.39, 0.29) is 0 Å². The van der Waals surface area contributed by atoms with Gasteiger partial charge < -0.3 is 4.74 Å². The van der Waals surface area contributed by atoms with Crippen molar-refractivity contribution in [2.75, 3.05) is 0 Å². The van der Waals surface area contributed by atoms with Crippen LogP contribution < -0.4 is 4.74 Å². The van der Waals surface area contributed by atoms with Gasteiger partial charge in [-0.05, 0) is 48.2 Å². The summed E-state index contributed by atoms with van der Waals surface area (Å²) in [5, 5.41) is 8.90. The zero-order valence-corrected chi connectivity index (χ0v) is 16.6. The predicted molar refractivity (Wildman–Crippen MR) is 106 cm³/mol. The zero-order chi connectivity index (χ0) is 21.0. The number of hydrogen-bond donors (Lipinski definition) is 0. The highest BCUT2D eigenvalue weighted by Gasteiger charge is 2.78. The van der Waals surface area contributed by atoms with Crippen LogP contribution in [0.1, 0.15) is 39.2 Å². The molecule has 2 aliphatic rings. The monoisotopic (exact) mass is 387 g/mol. The fourth-order valence-electron chi connectivity index (χ4n) is 4.87. The number of carbonyl (C=O) groups is 3. The number of fused-ring (bicyclic) bond motifs is 2. The topological polar surface area (TPSA) is 84.2 Å². The van der Waals surface area contributed by atoms with Gasteiger partial charge in [-0.25, -0.2) is 0 Å². The largest absolute Gasteiger partial charge is 0.426 e. The summed E-state index contributed by atoms with van der Waals surface area (Å²) in [6, 6.07) is 16.2. The number of Topliss-reactive ketones (excluding diaryl/α,β-unsaturated/α-hetero) is 2. The second-order valence-electron chi connectivity index (χ2n) is 8.62. The number of rotatable bonds is 3. The Morgan fingerprint density at radius 1 is 0.897 bits per heavy atom. The Balaban J connectivity index is 1.58. The van der Waals surface area contributed by atoms with Crippen molar-refractivity contribution in [2.45, 2.75) is 33.6 Å². The summed E-state index contributed by atoms with van der Waals surface area (Å²) in [6.45, 7) is 5.41. The summed E-state index contributed by atoms with van der Waals surface area (Å²) in [4.78, 5) is 38.4. The van der Waals surface area contributed by atoms with Crippen LogP contribution in [0.25, 0.3) is 11.1 Å². The van der Waals surface area contributed by atoms with Gasteiger partial charge >= 0.3 is 5.97 Å². The van der Waals surface area contributed by atoms with Crippen LogP contribution in [0.3, 0.4) is 0 Å². The molecule has 2 aromatic carbocycles. The van der Waals surface area contributed by atoms with E-state index >= 15 is 0 Å². The number of nitrogens with zero attached hydrogens (tertiary/aromatic N) is 1. The molecule has 0 spiro atoms. The lowest BCUT2D eigenvalue weighted by Crippen LogP contribution is -2.47. The Hall–Kier alpha value is -3.26. The molecule has 2 atom stereocenters. The number of esters is 1. The molecular weight excluding hydrogens is 366 g/mol. The molecule has 5 nitrogen and oxygen atoms in total. The van der Waals surface area contributed by atoms with Gasteiger partial charge in [-0.15, -0.1) is 0 Å². The Morgan fingerprint density at radius 3 is 1.93 bits per heavy atom. The van der Waals surface area contributed by atoms with Crippen LogP contribution in [-0.4, -0.2) is 17.5 Å². The summed E-state index contributed by atoms with van der Waals surface area (Å²) in [5.41, 5.74) is -0.584. The van der Waals surface area contributed by atoms with Gasteiger partial charge in [0.1, 0.15) is 11.2 Å². The summed E-state index contributed by atoms with van der Waals surface area (Å²) in [6.07, 6.45) is 0.848. The fraction of sp³-hybridized carbons (Fsp3) is 0.333. The number of nitriles is 1. The van der Waals surface area contributed by atoms with Crippen molar-refractivity contribution >= 4 is 17.5 Å². The quantitative estimate of drug-likeness (QED) is 0.343. The van der Waals surface area contributed by atoms with E-state index in [0.717, 1.165) is 11.1 Å². The van der Waals surface area contributed by atoms with Gasteiger partial charge in [-0.3, -0.25) is 14.4 Å². The van der Waals surface area contributed by atoms with E-state index < -0.39 is 33.8 Å². The van der Waals surface area contributed by atoms with Crippen molar-refractivity contribution in [3.05, 3.63) is 54.1 Å². The first-order chi connectivity index (χ1) is 13.7. The third-order valence-corrected chi connectivity index (χ3v) is 7.30. The highest BCUT2D eigenvalue weighted by Crippen LogP contribution is 2.69. The average molecular weight is 387 g/mol. The Morgan fingerprint density at radius 2 is 1.45 bits per heavy atom. The fourth-order valence-corrected chi connectivity index (χ4v) is 4.87. The summed E-state index contributed by atoms with van der Waals surface area (Å²) < 4.78 is 5.59. The first kappa shape index (κ1) is 19.1. The first-order valence-corrected chi connectivity index (χ1v) is 9.59. The molecule has 0 N–H and O–H groups in total. The van der Waals surface area contributed by atoms with Crippen molar-refractivity contribution in [3.63, 3.8) is 0 Å². The maximum absolute atomic E-state index is 13.1. The van der Waals surface area contributed by atoms with Crippen molar-refractivity contribution in [2.24, 2.45) is 16.2 Å². The number of ether oxygens (including phenoxy) is 1. The van der Waals surface area contributed by atoms with Gasteiger partial charge in [0, 0.05) is 10.8 Å². The molecule has 0 aliphatic heterocycles. The van der Waals surface area contributed by atoms with Gasteiger partial charge in [0.25, 0.3) is 0 Å². The van der Waals surface area contributed by atoms with E-state index in [1.807, 2.05) is 38.1 Å². The molecule has 5 heteroatoms. The minimum absolute atomic E-state index is 0.332. The lowest BCUT2D eigenvalue weighted by molar-refractivity contribution is -0.157. The molecule has 2 saturated carbocycles. The van der Waals surface area contributed by atoms with Crippen LogP contribution >= 0.6 is 0 Å². The Kier molecular flexibility index (Phi) is 4.02. The summed E-state index contributed by atoms with van der Waals surface area (Å²) in [7, 11) is 0. The number of benzene rings is 2. The lowest BCUT2D eigenvalue weighted by Gasteiger charge is -2.36. The van der Waals surface area contributed by atoms with Crippen molar-refractivity contribution in [1.29, 1.82) is 5.26 Å². The highest BCUT2D eigenvalue weighted by molar-refractivity contribution is 6.48. The molecule has 0 saturated heterocycles. The third-order valence-electron chi connectivity index (χ3n) is 7.30. The van der Waals surface area contributed by atoms with Crippen LogP contribution in [0.2, 0.25) is 0 Å². The lowest BCUT2D eigenvalue weighted by atomic mass is 9.65. The van der Waals surface area contributed by atoms with E-state index in [1.54, 1.807) is 31.2 Å². The highest BCUT2D eigenvalue weighted by atomic mass is 16.5. The van der Waals surface area contributed by atoms with E-state index in [1.165, 1.54) is 0 Å². The van der Waals surface area contributed by atoms with Crippen LogP contribution in [0.5, 0.6) is 5.75 Å². The molecular formula is C24H21NO4. The van der Waals surface area contributed by atoms with Crippen LogP contribution in [0.15, 0.2) is 48.5 Å². The molecule has 2 unspecified atom stereocenters. The third kappa shape index (κ3) is 2.35. The molecule has 2 bridgehead atoms. The molecule has 0 amide bonds. The smallest absolute Gasteiger partial charge is 0.326 e. The predicted octanol–water partition coefficient (Wildman–Crippen LogP) is 4.10. The normalized spacial score (nSPS) is 27.0. The zero-order valence-electron chi connectivity index (χ0n) is 16.6. The van der Waals surface area contributed by atoms with Crippen molar-refractivity contribution in [1.82, 2.24) is 0 Å². The SMILES string of the molecule is CC12CCC(C(=O)Oc3ccc(-c4ccc(C#N)cc4)cc3)(C(=O)C1=O)C2(C)C. The second kappa shape index (κ2) is 6.12. The van der Waals surface area contributed by atoms with Crippen LogP contribution in [0.4, 0.5) is 0 Å². The van der Waals surface area contributed by atoms with Gasteiger partial charge in [0.05, 0.1) is 11.6 Å². The molecule has 0 radical (unpaired) electrons. The maximum atomic E-state index is 13.1. The van der Waals surface area contributed by atoms with E-state index in [9.17, 15) is 14.4 Å². The molecule has 2 aromatic rings. The molecule has 2 aliphatic carbocycles. The molecule has 4 rings (SSSR count).